The summed E-state index contributed by atoms with van der Waals surface area (Å²) in [5.74, 6) is -0.252. The van der Waals surface area contributed by atoms with Crippen molar-refractivity contribution >= 4 is 21.9 Å². The van der Waals surface area contributed by atoms with Crippen molar-refractivity contribution in [2.24, 2.45) is 0 Å². The van der Waals surface area contributed by atoms with Gasteiger partial charge >= 0.3 is 5.97 Å². The van der Waals surface area contributed by atoms with Crippen LogP contribution in [0.4, 0.5) is 0 Å². The second kappa shape index (κ2) is 10.9. The van der Waals surface area contributed by atoms with E-state index < -0.39 is 12.1 Å². The van der Waals surface area contributed by atoms with Crippen LogP contribution in [0.1, 0.15) is 35.3 Å². The van der Waals surface area contributed by atoms with Crippen molar-refractivity contribution in [3.63, 3.8) is 0 Å². The highest BCUT2D eigenvalue weighted by atomic mass is 79.9. The fraction of sp³-hybridized carbons (Fsp3) is 0.292. The number of pyridine rings is 1. The molecule has 0 saturated carbocycles. The van der Waals surface area contributed by atoms with Crippen molar-refractivity contribution in [1.82, 2.24) is 14.9 Å². The zero-order valence-corrected chi connectivity index (χ0v) is 19.8. The molecule has 0 bridgehead atoms. The maximum Gasteiger partial charge on any atom is 0.339 e. The molecular weight excluding hydrogens is 472 g/mol. The van der Waals surface area contributed by atoms with Gasteiger partial charge in [-0.05, 0) is 58.7 Å². The van der Waals surface area contributed by atoms with Gasteiger partial charge in [-0.1, -0.05) is 19.9 Å². The van der Waals surface area contributed by atoms with Crippen LogP contribution in [0.15, 0.2) is 59.5 Å². The lowest BCUT2D eigenvalue weighted by atomic mass is 10.1. The van der Waals surface area contributed by atoms with E-state index in [0.29, 0.717) is 22.1 Å². The van der Waals surface area contributed by atoms with Crippen LogP contribution in [0, 0.1) is 18.3 Å². The SMILES string of the molecule is Cc1ccc(C(=O)OC(CNC(C)C)COc2ncc(-n3cccc3)cc2C#N)c(Br)c1. The van der Waals surface area contributed by atoms with Crippen molar-refractivity contribution in [1.29, 1.82) is 5.26 Å². The molecule has 3 rings (SSSR count). The number of nitrogens with one attached hydrogen (secondary N) is 1. The minimum absolute atomic E-state index is 0.0550. The predicted octanol–water partition coefficient (Wildman–Crippen LogP) is 4.42. The van der Waals surface area contributed by atoms with Gasteiger partial charge in [-0.25, -0.2) is 9.78 Å². The topological polar surface area (TPSA) is 89.2 Å². The molecule has 0 aliphatic carbocycles. The molecule has 1 atom stereocenters. The summed E-state index contributed by atoms with van der Waals surface area (Å²) in [5, 5.41) is 12.8. The summed E-state index contributed by atoms with van der Waals surface area (Å²) in [6.45, 7) is 6.41. The number of hydrogen-bond donors (Lipinski definition) is 1. The monoisotopic (exact) mass is 496 g/mol. The van der Waals surface area contributed by atoms with Gasteiger partial charge < -0.3 is 19.4 Å². The van der Waals surface area contributed by atoms with E-state index in [-0.39, 0.29) is 18.5 Å². The molecule has 3 aromatic rings. The van der Waals surface area contributed by atoms with Crippen molar-refractivity contribution < 1.29 is 14.3 Å². The molecule has 0 radical (unpaired) electrons. The van der Waals surface area contributed by atoms with Gasteiger partial charge in [0.1, 0.15) is 24.3 Å². The summed E-state index contributed by atoms with van der Waals surface area (Å²) in [6.07, 6.45) is 4.80. The number of aryl methyl sites for hydroxylation is 1. The Morgan fingerprint density at radius 1 is 1.28 bits per heavy atom. The molecule has 166 valence electrons. The second-order valence-corrected chi connectivity index (χ2v) is 8.49. The first kappa shape index (κ1) is 23.5. The van der Waals surface area contributed by atoms with Gasteiger partial charge in [0, 0.05) is 29.5 Å². The number of halogens is 1. The highest BCUT2D eigenvalue weighted by Gasteiger charge is 2.20. The highest BCUT2D eigenvalue weighted by molar-refractivity contribution is 9.10. The number of carbonyl (C=O) groups excluding carboxylic acids is 1. The molecule has 0 spiro atoms. The maximum atomic E-state index is 12.7. The number of hydrogen-bond acceptors (Lipinski definition) is 6. The average molecular weight is 497 g/mol. The zero-order valence-electron chi connectivity index (χ0n) is 18.2. The van der Waals surface area contributed by atoms with Crippen LogP contribution < -0.4 is 10.1 Å². The first-order valence-corrected chi connectivity index (χ1v) is 11.0. The van der Waals surface area contributed by atoms with E-state index >= 15 is 0 Å². The maximum absolute atomic E-state index is 12.7. The predicted molar refractivity (Wildman–Crippen MR) is 125 cm³/mol. The third kappa shape index (κ3) is 6.19. The molecular formula is C24H25BrN4O3. The number of ether oxygens (including phenoxy) is 2. The Kier molecular flexibility index (Phi) is 8.03. The summed E-state index contributed by atoms with van der Waals surface area (Å²) in [6, 6.07) is 13.3. The minimum Gasteiger partial charge on any atom is -0.473 e. The van der Waals surface area contributed by atoms with Gasteiger partial charge in [0.25, 0.3) is 0 Å². The molecule has 0 aliphatic heterocycles. The molecule has 1 aromatic carbocycles. The summed E-state index contributed by atoms with van der Waals surface area (Å²) >= 11 is 3.42. The number of esters is 1. The highest BCUT2D eigenvalue weighted by Crippen LogP contribution is 2.21. The van der Waals surface area contributed by atoms with Crippen molar-refractivity contribution in [3.8, 4) is 17.6 Å². The lowest BCUT2D eigenvalue weighted by Gasteiger charge is -2.21. The molecule has 0 aliphatic rings. The van der Waals surface area contributed by atoms with E-state index in [0.717, 1.165) is 11.3 Å². The summed E-state index contributed by atoms with van der Waals surface area (Å²) in [7, 11) is 0. The molecule has 2 heterocycles. The Labute approximate surface area is 196 Å². The number of carbonyl (C=O) groups is 1. The molecule has 1 unspecified atom stereocenters. The number of aromatic nitrogens is 2. The Bertz CT molecular complexity index is 1110. The summed E-state index contributed by atoms with van der Waals surface area (Å²) in [5.41, 5.74) is 2.54. The van der Waals surface area contributed by atoms with Crippen molar-refractivity contribution in [2.75, 3.05) is 13.2 Å². The average Bonchev–Trinajstić information content (AvgIpc) is 3.30. The normalized spacial score (nSPS) is 11.8. The van der Waals surface area contributed by atoms with Gasteiger partial charge in [0.15, 0.2) is 0 Å². The van der Waals surface area contributed by atoms with E-state index in [1.165, 1.54) is 0 Å². The first-order valence-electron chi connectivity index (χ1n) is 10.2. The number of nitriles is 1. The number of benzene rings is 1. The quantitative estimate of drug-likeness (QED) is 0.441. The van der Waals surface area contributed by atoms with Gasteiger partial charge in [-0.3, -0.25) is 0 Å². The van der Waals surface area contributed by atoms with Crippen LogP contribution in [-0.4, -0.2) is 40.8 Å². The van der Waals surface area contributed by atoms with Crippen molar-refractivity contribution in [2.45, 2.75) is 32.9 Å². The number of nitrogens with zero attached hydrogens (tertiary/aromatic N) is 3. The molecule has 32 heavy (non-hydrogen) atoms. The lowest BCUT2D eigenvalue weighted by molar-refractivity contribution is 0.0166. The van der Waals surface area contributed by atoms with Crippen LogP contribution in [-0.2, 0) is 4.74 Å². The largest absolute Gasteiger partial charge is 0.473 e. The molecule has 7 nitrogen and oxygen atoms in total. The van der Waals surface area contributed by atoms with Crippen LogP contribution in [0.3, 0.4) is 0 Å². The van der Waals surface area contributed by atoms with Crippen LogP contribution >= 0.6 is 15.9 Å². The third-order valence-electron chi connectivity index (χ3n) is 4.64. The van der Waals surface area contributed by atoms with Crippen molar-refractivity contribution in [3.05, 3.63) is 76.2 Å². The van der Waals surface area contributed by atoms with Crippen LogP contribution in [0.25, 0.3) is 5.69 Å². The van der Waals surface area contributed by atoms with E-state index in [4.69, 9.17) is 9.47 Å². The molecule has 0 fully saturated rings. The van der Waals surface area contributed by atoms with E-state index in [9.17, 15) is 10.1 Å². The molecule has 0 amide bonds. The third-order valence-corrected chi connectivity index (χ3v) is 5.29. The summed E-state index contributed by atoms with van der Waals surface area (Å²) in [4.78, 5) is 17.0. The Hall–Kier alpha value is -3.15. The van der Waals surface area contributed by atoms with Gasteiger partial charge in [0.2, 0.25) is 5.88 Å². The van der Waals surface area contributed by atoms with Gasteiger partial charge in [-0.15, -0.1) is 0 Å². The Balaban J connectivity index is 1.72. The number of rotatable bonds is 9. The fourth-order valence-electron chi connectivity index (χ4n) is 2.96. The Morgan fingerprint density at radius 2 is 2.03 bits per heavy atom. The van der Waals surface area contributed by atoms with Crippen LogP contribution in [0.2, 0.25) is 0 Å². The smallest absolute Gasteiger partial charge is 0.339 e. The Morgan fingerprint density at radius 3 is 2.69 bits per heavy atom. The van der Waals surface area contributed by atoms with Crippen LogP contribution in [0.5, 0.6) is 5.88 Å². The molecule has 2 aromatic heterocycles. The fourth-order valence-corrected chi connectivity index (χ4v) is 3.61. The minimum atomic E-state index is -0.574. The van der Waals surface area contributed by atoms with E-state index in [1.54, 1.807) is 18.3 Å². The van der Waals surface area contributed by atoms with E-state index in [1.807, 2.05) is 62.0 Å². The van der Waals surface area contributed by atoms with Gasteiger partial charge in [0.05, 0.1) is 17.4 Å². The second-order valence-electron chi connectivity index (χ2n) is 7.63. The summed E-state index contributed by atoms with van der Waals surface area (Å²) < 4.78 is 14.1. The lowest BCUT2D eigenvalue weighted by Crippen LogP contribution is -2.38. The first-order chi connectivity index (χ1) is 15.4. The molecule has 1 N–H and O–H groups in total. The molecule has 0 saturated heterocycles. The van der Waals surface area contributed by atoms with E-state index in [2.05, 4.69) is 32.3 Å². The van der Waals surface area contributed by atoms with Gasteiger partial charge in [-0.2, -0.15) is 5.26 Å². The molecule has 8 heteroatoms. The zero-order chi connectivity index (χ0) is 23.1. The standard InChI is InChI=1S/C24H25BrN4O3/c1-16(2)27-14-20(32-24(30)21-7-6-17(3)10-22(21)25)15-31-23-18(12-26)11-19(13-28-23)29-8-4-5-9-29/h4-11,13,16,20,27H,14-15H2,1-3H3.